The molecule has 3 nitrogen and oxygen atoms in total. The minimum absolute atomic E-state index is 0.101. The molecule has 1 fully saturated rings. The number of pyridine rings is 1. The summed E-state index contributed by atoms with van der Waals surface area (Å²) in [5, 5.41) is 7.52. The lowest BCUT2D eigenvalue weighted by Gasteiger charge is -2.07. The third kappa shape index (κ3) is 1.87. The van der Waals surface area contributed by atoms with Gasteiger partial charge in [0, 0.05) is 12.6 Å². The van der Waals surface area contributed by atoms with Crippen molar-refractivity contribution in [2.75, 3.05) is 0 Å². The van der Waals surface area contributed by atoms with Crippen molar-refractivity contribution in [2.45, 2.75) is 25.4 Å². The van der Waals surface area contributed by atoms with Gasteiger partial charge >= 0.3 is 6.18 Å². The summed E-state index contributed by atoms with van der Waals surface area (Å²) in [5.41, 5.74) is -0.829. The summed E-state index contributed by atoms with van der Waals surface area (Å²) < 4.78 is 39.6. The maximum Gasteiger partial charge on any atom is 0.420 e. The van der Waals surface area contributed by atoms with Crippen LogP contribution in [0.3, 0.4) is 0 Å². The van der Waals surface area contributed by atoms with Crippen LogP contribution < -0.4 is 0 Å². The highest BCUT2D eigenvalue weighted by molar-refractivity contribution is 5.49. The second-order valence-corrected chi connectivity index (χ2v) is 4.38. The van der Waals surface area contributed by atoms with Crippen molar-refractivity contribution in [1.29, 1.82) is 0 Å². The van der Waals surface area contributed by atoms with Gasteiger partial charge in [-0.15, -0.1) is 10.2 Å². The van der Waals surface area contributed by atoms with Crippen molar-refractivity contribution in [1.82, 2.24) is 14.6 Å². The molecule has 1 saturated carbocycles. The van der Waals surface area contributed by atoms with Crippen molar-refractivity contribution < 1.29 is 13.2 Å². The summed E-state index contributed by atoms with van der Waals surface area (Å²) >= 11 is 0. The number of hydrogen-bond donors (Lipinski definition) is 0. The fraction of sp³-hybridized carbons (Fsp3) is 0.455. The summed E-state index contributed by atoms with van der Waals surface area (Å²) in [4.78, 5) is 0. The summed E-state index contributed by atoms with van der Waals surface area (Å²) in [5.74, 6) is 1.19. The van der Waals surface area contributed by atoms with Crippen LogP contribution in [0.5, 0.6) is 0 Å². The molecule has 2 aromatic heterocycles. The molecule has 0 N–H and O–H groups in total. The van der Waals surface area contributed by atoms with Gasteiger partial charge in [0.2, 0.25) is 0 Å². The molecule has 0 aromatic carbocycles. The molecule has 0 unspecified atom stereocenters. The lowest BCUT2D eigenvalue weighted by molar-refractivity contribution is -0.136. The third-order valence-corrected chi connectivity index (χ3v) is 2.98. The average Bonchev–Trinajstić information content (AvgIpc) is 2.97. The number of alkyl halides is 3. The van der Waals surface area contributed by atoms with Gasteiger partial charge in [-0.05, 0) is 30.9 Å². The Bertz CT molecular complexity index is 555. The van der Waals surface area contributed by atoms with Crippen LogP contribution in [-0.4, -0.2) is 14.6 Å². The van der Waals surface area contributed by atoms with E-state index in [0.29, 0.717) is 18.2 Å². The normalized spacial score (nSPS) is 16.6. The van der Waals surface area contributed by atoms with E-state index < -0.39 is 11.7 Å². The molecule has 6 heteroatoms. The van der Waals surface area contributed by atoms with Crippen LogP contribution in [0.25, 0.3) is 5.65 Å². The van der Waals surface area contributed by atoms with Crippen molar-refractivity contribution in [2.24, 2.45) is 5.92 Å². The minimum atomic E-state index is -4.38. The zero-order valence-corrected chi connectivity index (χ0v) is 8.91. The highest BCUT2D eigenvalue weighted by Crippen LogP contribution is 2.34. The standard InChI is InChI=1S/C11H10F3N3/c12-11(13,14)8-2-1-5-17-9(6-7-3-4-7)15-16-10(8)17/h1-2,5,7H,3-4,6H2. The van der Waals surface area contributed by atoms with E-state index in [-0.39, 0.29) is 5.65 Å². The molecule has 1 aliphatic rings. The predicted molar refractivity (Wildman–Crippen MR) is 54.4 cm³/mol. The topological polar surface area (TPSA) is 30.2 Å². The molecule has 3 rings (SSSR count). The third-order valence-electron chi connectivity index (χ3n) is 2.98. The first-order valence-electron chi connectivity index (χ1n) is 5.45. The van der Waals surface area contributed by atoms with Crippen LogP contribution in [0.4, 0.5) is 13.2 Å². The highest BCUT2D eigenvalue weighted by atomic mass is 19.4. The first-order chi connectivity index (χ1) is 8.05. The van der Waals surface area contributed by atoms with Crippen LogP contribution in [0, 0.1) is 5.92 Å². The van der Waals surface area contributed by atoms with E-state index in [1.165, 1.54) is 10.5 Å². The number of halogens is 3. The number of hydrogen-bond acceptors (Lipinski definition) is 2. The van der Waals surface area contributed by atoms with Crippen LogP contribution in [0.15, 0.2) is 18.3 Å². The van der Waals surface area contributed by atoms with Crippen molar-refractivity contribution in [3.63, 3.8) is 0 Å². The van der Waals surface area contributed by atoms with E-state index in [0.717, 1.165) is 18.9 Å². The Morgan fingerprint density at radius 3 is 2.71 bits per heavy atom. The zero-order valence-electron chi connectivity index (χ0n) is 8.91. The Kier molecular flexibility index (Phi) is 2.14. The smallest absolute Gasteiger partial charge is 0.286 e. The van der Waals surface area contributed by atoms with Crippen molar-refractivity contribution in [3.8, 4) is 0 Å². The molecule has 0 atom stereocenters. The molecular weight excluding hydrogens is 231 g/mol. The van der Waals surface area contributed by atoms with E-state index in [9.17, 15) is 13.2 Å². The van der Waals surface area contributed by atoms with Gasteiger partial charge < -0.3 is 0 Å². The molecular formula is C11H10F3N3. The highest BCUT2D eigenvalue weighted by Gasteiger charge is 2.34. The summed E-state index contributed by atoms with van der Waals surface area (Å²) in [7, 11) is 0. The Morgan fingerprint density at radius 1 is 1.29 bits per heavy atom. The predicted octanol–water partition coefficient (Wildman–Crippen LogP) is 2.70. The molecule has 0 radical (unpaired) electrons. The SMILES string of the molecule is FC(F)(F)c1cccn2c(CC3CC3)nnc12. The second kappa shape index (κ2) is 3.45. The zero-order chi connectivity index (χ0) is 12.0. The summed E-state index contributed by atoms with van der Waals surface area (Å²) in [6, 6.07) is 2.42. The van der Waals surface area contributed by atoms with Crippen LogP contribution in [0.2, 0.25) is 0 Å². The number of fused-ring (bicyclic) bond motifs is 1. The molecule has 17 heavy (non-hydrogen) atoms. The van der Waals surface area contributed by atoms with Crippen LogP contribution in [-0.2, 0) is 12.6 Å². The van der Waals surface area contributed by atoms with Crippen molar-refractivity contribution >= 4 is 5.65 Å². The molecule has 1 aliphatic carbocycles. The van der Waals surface area contributed by atoms with Crippen LogP contribution in [0.1, 0.15) is 24.2 Å². The van der Waals surface area contributed by atoms with Gasteiger partial charge in [0.15, 0.2) is 5.65 Å². The monoisotopic (exact) mass is 241 g/mol. The van der Waals surface area contributed by atoms with Gasteiger partial charge in [-0.1, -0.05) is 0 Å². The lowest BCUT2D eigenvalue weighted by Crippen LogP contribution is -2.08. The molecule has 2 aromatic rings. The van der Waals surface area contributed by atoms with Gasteiger partial charge in [-0.25, -0.2) is 0 Å². The van der Waals surface area contributed by atoms with Gasteiger partial charge in [0.25, 0.3) is 0 Å². The van der Waals surface area contributed by atoms with Gasteiger partial charge in [0.1, 0.15) is 11.4 Å². The molecule has 0 saturated heterocycles. The van der Waals surface area contributed by atoms with Gasteiger partial charge in [-0.3, -0.25) is 4.40 Å². The second-order valence-electron chi connectivity index (χ2n) is 4.38. The van der Waals surface area contributed by atoms with Crippen molar-refractivity contribution in [3.05, 3.63) is 29.7 Å². The summed E-state index contributed by atoms with van der Waals surface area (Å²) in [6.07, 6.45) is 0.179. The Labute approximate surface area is 95.3 Å². The fourth-order valence-electron chi connectivity index (χ4n) is 1.90. The quantitative estimate of drug-likeness (QED) is 0.809. The maximum absolute atomic E-state index is 12.7. The minimum Gasteiger partial charge on any atom is -0.286 e. The molecule has 90 valence electrons. The lowest BCUT2D eigenvalue weighted by atomic mass is 10.2. The summed E-state index contributed by atoms with van der Waals surface area (Å²) in [6.45, 7) is 0. The van der Waals surface area contributed by atoms with E-state index in [2.05, 4.69) is 10.2 Å². The van der Waals surface area contributed by atoms with E-state index >= 15 is 0 Å². The first kappa shape index (κ1) is 10.6. The van der Waals surface area contributed by atoms with Gasteiger partial charge in [-0.2, -0.15) is 13.2 Å². The van der Waals surface area contributed by atoms with E-state index in [1.54, 1.807) is 6.20 Å². The number of rotatable bonds is 2. The molecule has 0 aliphatic heterocycles. The Hall–Kier alpha value is -1.59. The van der Waals surface area contributed by atoms with E-state index in [1.807, 2.05) is 0 Å². The molecule has 0 bridgehead atoms. The fourth-order valence-corrected chi connectivity index (χ4v) is 1.90. The molecule has 0 spiro atoms. The largest absolute Gasteiger partial charge is 0.420 e. The number of aromatic nitrogens is 3. The van der Waals surface area contributed by atoms with Gasteiger partial charge in [0.05, 0.1) is 0 Å². The molecule has 0 amide bonds. The molecule has 2 heterocycles. The number of nitrogens with zero attached hydrogens (tertiary/aromatic N) is 3. The Balaban J connectivity index is 2.10. The Morgan fingerprint density at radius 2 is 2.06 bits per heavy atom. The van der Waals surface area contributed by atoms with E-state index in [4.69, 9.17) is 0 Å². The average molecular weight is 241 g/mol. The van der Waals surface area contributed by atoms with Crippen LogP contribution >= 0.6 is 0 Å². The first-order valence-corrected chi connectivity index (χ1v) is 5.45. The maximum atomic E-state index is 12.7.